The number of aromatic nitrogens is 2. The lowest BCUT2D eigenvalue weighted by atomic mass is 10.1. The normalized spacial score (nSPS) is 12.4. The van der Waals surface area contributed by atoms with Crippen molar-refractivity contribution in [1.82, 2.24) is 9.78 Å². The standard InChI is InChI=1S/C22H20ClF3N4O4/c1-11-5-12(2)7-17(6-11)34-18-9-15(8-16(10-18)30(32)33)27-21(31)14(4)29-13(3)19(23)20(28-29)22(24,25)26/h5-10,14H,1-4H3,(H,27,31). The van der Waals surface area contributed by atoms with Crippen LogP contribution in [0.15, 0.2) is 36.4 Å². The van der Waals surface area contributed by atoms with Crippen LogP contribution in [-0.2, 0) is 11.0 Å². The van der Waals surface area contributed by atoms with E-state index < -0.39 is 33.8 Å². The third-order valence-electron chi connectivity index (χ3n) is 4.89. The summed E-state index contributed by atoms with van der Waals surface area (Å²) < 4.78 is 45.9. The molecule has 0 bridgehead atoms. The number of carbonyl (C=O) groups excluding carboxylic acids is 1. The number of benzene rings is 2. The summed E-state index contributed by atoms with van der Waals surface area (Å²) in [6, 6.07) is 7.91. The Morgan fingerprint density at radius 1 is 1.12 bits per heavy atom. The van der Waals surface area contributed by atoms with Gasteiger partial charge in [-0.15, -0.1) is 0 Å². The minimum absolute atomic E-state index is 0.0253. The number of nitro groups is 1. The highest BCUT2D eigenvalue weighted by Crippen LogP contribution is 2.36. The van der Waals surface area contributed by atoms with Crippen LogP contribution in [0.2, 0.25) is 5.02 Å². The van der Waals surface area contributed by atoms with E-state index in [1.807, 2.05) is 19.9 Å². The maximum absolute atomic E-state index is 13.1. The Hall–Kier alpha value is -3.60. The summed E-state index contributed by atoms with van der Waals surface area (Å²) in [6.45, 7) is 6.37. The van der Waals surface area contributed by atoms with E-state index in [4.69, 9.17) is 16.3 Å². The second-order valence-electron chi connectivity index (χ2n) is 7.75. The fraction of sp³-hybridized carbons (Fsp3) is 0.273. The van der Waals surface area contributed by atoms with Gasteiger partial charge in [-0.2, -0.15) is 18.3 Å². The first kappa shape index (κ1) is 25.0. The van der Waals surface area contributed by atoms with E-state index in [0.717, 1.165) is 21.9 Å². The minimum Gasteiger partial charge on any atom is -0.457 e. The van der Waals surface area contributed by atoms with Crippen LogP contribution in [0.25, 0.3) is 0 Å². The van der Waals surface area contributed by atoms with Gasteiger partial charge in [-0.25, -0.2) is 0 Å². The summed E-state index contributed by atoms with van der Waals surface area (Å²) in [5, 5.41) is 16.7. The maximum Gasteiger partial charge on any atom is 0.436 e. The number of hydrogen-bond acceptors (Lipinski definition) is 5. The molecule has 2 aromatic carbocycles. The van der Waals surface area contributed by atoms with E-state index >= 15 is 0 Å². The highest BCUT2D eigenvalue weighted by Gasteiger charge is 2.39. The first-order valence-corrected chi connectivity index (χ1v) is 10.3. The summed E-state index contributed by atoms with van der Waals surface area (Å²) in [5.41, 5.74) is 0.184. The smallest absolute Gasteiger partial charge is 0.436 e. The summed E-state index contributed by atoms with van der Waals surface area (Å²) in [5.74, 6) is -0.209. The molecule has 0 radical (unpaired) electrons. The van der Waals surface area contributed by atoms with Gasteiger partial charge in [-0.1, -0.05) is 17.7 Å². The van der Waals surface area contributed by atoms with Gasteiger partial charge in [0, 0.05) is 12.1 Å². The number of nitrogens with zero attached hydrogens (tertiary/aromatic N) is 3. The summed E-state index contributed by atoms with van der Waals surface area (Å²) >= 11 is 5.76. The lowest BCUT2D eigenvalue weighted by molar-refractivity contribution is -0.384. The fourth-order valence-electron chi connectivity index (χ4n) is 3.36. The highest BCUT2D eigenvalue weighted by molar-refractivity contribution is 6.32. The molecule has 0 fully saturated rings. The third kappa shape index (κ3) is 5.48. The van der Waals surface area contributed by atoms with E-state index in [-0.39, 0.29) is 22.8 Å². The van der Waals surface area contributed by atoms with Crippen molar-refractivity contribution in [1.29, 1.82) is 0 Å². The van der Waals surface area contributed by atoms with Gasteiger partial charge in [0.1, 0.15) is 17.5 Å². The molecule has 180 valence electrons. The number of non-ortho nitro benzene ring substituents is 1. The van der Waals surface area contributed by atoms with Gasteiger partial charge in [-0.05, 0) is 51.0 Å². The van der Waals surface area contributed by atoms with E-state index in [2.05, 4.69) is 10.4 Å². The van der Waals surface area contributed by atoms with Crippen molar-refractivity contribution in [3.63, 3.8) is 0 Å². The van der Waals surface area contributed by atoms with Gasteiger partial charge in [-0.3, -0.25) is 19.6 Å². The van der Waals surface area contributed by atoms with Crippen LogP contribution in [0.3, 0.4) is 0 Å². The van der Waals surface area contributed by atoms with Crippen LogP contribution < -0.4 is 10.1 Å². The molecule has 0 aliphatic carbocycles. The number of hydrogen-bond donors (Lipinski definition) is 1. The summed E-state index contributed by atoms with van der Waals surface area (Å²) in [6.07, 6.45) is -4.79. The second-order valence-corrected chi connectivity index (χ2v) is 8.13. The van der Waals surface area contributed by atoms with Gasteiger partial charge >= 0.3 is 6.18 Å². The Labute approximate surface area is 197 Å². The minimum atomic E-state index is -4.79. The van der Waals surface area contributed by atoms with E-state index in [9.17, 15) is 28.1 Å². The molecule has 0 saturated carbocycles. The number of aryl methyl sites for hydroxylation is 2. The van der Waals surface area contributed by atoms with Gasteiger partial charge in [0.15, 0.2) is 5.69 Å². The molecule has 1 unspecified atom stereocenters. The number of nitrogens with one attached hydrogen (secondary N) is 1. The number of anilines is 1. The molecule has 0 aliphatic heterocycles. The molecule has 0 spiro atoms. The topological polar surface area (TPSA) is 99.3 Å². The largest absolute Gasteiger partial charge is 0.457 e. The Bertz CT molecular complexity index is 1250. The Kier molecular flexibility index (Phi) is 6.87. The predicted octanol–water partition coefficient (Wildman–Crippen LogP) is 6.38. The van der Waals surface area contributed by atoms with Gasteiger partial charge in [0.25, 0.3) is 5.69 Å². The number of carbonyl (C=O) groups is 1. The number of ether oxygens (including phenoxy) is 1. The predicted molar refractivity (Wildman–Crippen MR) is 119 cm³/mol. The zero-order valence-corrected chi connectivity index (χ0v) is 19.3. The Morgan fingerprint density at radius 3 is 2.24 bits per heavy atom. The molecule has 3 rings (SSSR count). The average Bonchev–Trinajstić information content (AvgIpc) is 3.01. The molecular formula is C22H20ClF3N4O4. The SMILES string of the molecule is Cc1cc(C)cc(Oc2cc(NC(=O)C(C)n3nc(C(F)(F)F)c(Cl)c3C)cc([N+](=O)[O-])c2)c1. The number of halogens is 4. The fourth-order valence-corrected chi connectivity index (χ4v) is 3.59. The molecule has 34 heavy (non-hydrogen) atoms. The first-order valence-electron chi connectivity index (χ1n) is 9.94. The molecular weight excluding hydrogens is 477 g/mol. The first-order chi connectivity index (χ1) is 15.8. The second kappa shape index (κ2) is 9.34. The molecule has 1 aromatic heterocycles. The zero-order valence-electron chi connectivity index (χ0n) is 18.5. The number of nitro benzene ring substituents is 1. The van der Waals surface area contributed by atoms with Crippen LogP contribution >= 0.6 is 11.6 Å². The molecule has 0 saturated heterocycles. The zero-order chi connectivity index (χ0) is 25.4. The van der Waals surface area contributed by atoms with E-state index in [1.54, 1.807) is 12.1 Å². The van der Waals surface area contributed by atoms with Crippen molar-refractivity contribution >= 4 is 28.9 Å². The lowest BCUT2D eigenvalue weighted by Gasteiger charge is -2.15. The quantitative estimate of drug-likeness (QED) is 0.315. The highest BCUT2D eigenvalue weighted by atomic mass is 35.5. The summed E-state index contributed by atoms with van der Waals surface area (Å²) in [7, 11) is 0. The molecule has 0 aliphatic rings. The average molecular weight is 497 g/mol. The van der Waals surface area contributed by atoms with Crippen molar-refractivity contribution in [3.8, 4) is 11.5 Å². The van der Waals surface area contributed by atoms with Crippen molar-refractivity contribution < 1.29 is 27.6 Å². The molecule has 1 heterocycles. The Morgan fingerprint density at radius 2 is 1.71 bits per heavy atom. The Balaban J connectivity index is 1.90. The van der Waals surface area contributed by atoms with Gasteiger partial charge in [0.2, 0.25) is 5.91 Å². The van der Waals surface area contributed by atoms with Gasteiger partial charge in [0.05, 0.1) is 27.4 Å². The molecule has 1 atom stereocenters. The number of rotatable bonds is 6. The molecule has 8 nitrogen and oxygen atoms in total. The summed E-state index contributed by atoms with van der Waals surface area (Å²) in [4.78, 5) is 23.5. The van der Waals surface area contributed by atoms with Crippen LogP contribution in [0.5, 0.6) is 11.5 Å². The monoisotopic (exact) mass is 496 g/mol. The molecule has 1 amide bonds. The van der Waals surface area contributed by atoms with Crippen LogP contribution in [0.1, 0.15) is 35.5 Å². The van der Waals surface area contributed by atoms with Crippen LogP contribution in [-0.4, -0.2) is 20.6 Å². The number of alkyl halides is 3. The third-order valence-corrected chi connectivity index (χ3v) is 5.34. The van der Waals surface area contributed by atoms with E-state index in [1.165, 1.54) is 26.0 Å². The molecule has 12 heteroatoms. The molecule has 3 aromatic rings. The van der Waals surface area contributed by atoms with Crippen LogP contribution in [0, 0.1) is 30.9 Å². The molecule has 1 N–H and O–H groups in total. The van der Waals surface area contributed by atoms with Gasteiger partial charge < -0.3 is 10.1 Å². The van der Waals surface area contributed by atoms with E-state index in [0.29, 0.717) is 5.75 Å². The van der Waals surface area contributed by atoms with Crippen molar-refractivity contribution in [2.45, 2.75) is 39.9 Å². The maximum atomic E-state index is 13.1. The van der Waals surface area contributed by atoms with Crippen LogP contribution in [0.4, 0.5) is 24.5 Å². The van der Waals surface area contributed by atoms with Crippen molar-refractivity contribution in [3.05, 3.63) is 74.0 Å². The lowest BCUT2D eigenvalue weighted by Crippen LogP contribution is -2.25. The van der Waals surface area contributed by atoms with Crippen molar-refractivity contribution in [2.75, 3.05) is 5.32 Å². The van der Waals surface area contributed by atoms with Crippen molar-refractivity contribution in [2.24, 2.45) is 0 Å². The number of amides is 1.